The molecule has 0 saturated heterocycles. The van der Waals surface area contributed by atoms with Gasteiger partial charge in [0.05, 0.1) is 12.5 Å². The lowest BCUT2D eigenvalue weighted by Crippen LogP contribution is -2.65. The van der Waals surface area contributed by atoms with Gasteiger partial charge in [-0.2, -0.15) is 0 Å². The molecule has 5 heteroatoms. The van der Waals surface area contributed by atoms with E-state index in [1.807, 2.05) is 24.3 Å². The zero-order chi connectivity index (χ0) is 18.4. The van der Waals surface area contributed by atoms with Crippen LogP contribution in [0.25, 0.3) is 0 Å². The van der Waals surface area contributed by atoms with Crippen molar-refractivity contribution in [1.29, 1.82) is 0 Å². The molecule has 4 fully saturated rings. The molecular weight excluding hydrogens is 328 g/mol. The van der Waals surface area contributed by atoms with E-state index in [4.69, 9.17) is 4.74 Å². The van der Waals surface area contributed by atoms with E-state index < -0.39 is 0 Å². The zero-order valence-corrected chi connectivity index (χ0v) is 15.6. The minimum absolute atomic E-state index is 0.0285. The first-order chi connectivity index (χ1) is 12.4. The predicted octanol–water partition coefficient (Wildman–Crippen LogP) is 2.79. The fraction of sp³-hybridized carbons (Fsp3) is 0.619. The van der Waals surface area contributed by atoms with Gasteiger partial charge in [0, 0.05) is 19.0 Å². The summed E-state index contributed by atoms with van der Waals surface area (Å²) in [6, 6.07) is 7.80. The molecule has 0 unspecified atom stereocenters. The third kappa shape index (κ3) is 3.08. The Bertz CT molecular complexity index is 698. The van der Waals surface area contributed by atoms with Gasteiger partial charge in [0.25, 0.3) is 0 Å². The second-order valence-electron chi connectivity index (χ2n) is 8.73. The van der Waals surface area contributed by atoms with Gasteiger partial charge in [0.2, 0.25) is 11.8 Å². The molecule has 4 saturated carbocycles. The number of carbonyl (C=O) groups is 2. The second kappa shape index (κ2) is 6.29. The fourth-order valence-corrected chi connectivity index (χ4v) is 6.16. The van der Waals surface area contributed by atoms with E-state index in [0.29, 0.717) is 18.4 Å². The molecule has 2 amide bonds. The Hall–Kier alpha value is -2.04. The molecule has 2 atom stereocenters. The Labute approximate surface area is 154 Å². The van der Waals surface area contributed by atoms with Crippen molar-refractivity contribution >= 4 is 11.8 Å². The van der Waals surface area contributed by atoms with Gasteiger partial charge < -0.3 is 15.4 Å². The molecule has 5 nitrogen and oxygen atoms in total. The van der Waals surface area contributed by atoms with Crippen LogP contribution in [0.15, 0.2) is 24.3 Å². The number of amides is 2. The average molecular weight is 356 g/mol. The van der Waals surface area contributed by atoms with Gasteiger partial charge in [-0.3, -0.25) is 9.59 Å². The van der Waals surface area contributed by atoms with E-state index >= 15 is 0 Å². The van der Waals surface area contributed by atoms with E-state index in [9.17, 15) is 9.59 Å². The van der Waals surface area contributed by atoms with Crippen molar-refractivity contribution in [3.05, 3.63) is 29.8 Å². The van der Waals surface area contributed by atoms with Crippen LogP contribution < -0.4 is 15.4 Å². The van der Waals surface area contributed by atoms with Gasteiger partial charge in [0.15, 0.2) is 0 Å². The number of carbonyl (C=O) groups excluding carboxylic acids is 2. The Kier molecular flexibility index (Phi) is 4.20. The standard InChI is InChI=1S/C21H28N2O3/c1-14(24)23-21-10-16-7-17(11-21)9-20(8-16,13-21)19(25)22-12-15-3-5-18(26-2)6-4-15/h3-6,16-17H,7-13H2,1-2H3,(H,22,25)(H,23,24)/t16-,17-,20?,21?/m0/s1. The topological polar surface area (TPSA) is 67.4 Å². The average Bonchev–Trinajstić information content (AvgIpc) is 2.57. The zero-order valence-electron chi connectivity index (χ0n) is 15.6. The highest BCUT2D eigenvalue weighted by Gasteiger charge is 2.60. The Morgan fingerprint density at radius 3 is 2.35 bits per heavy atom. The van der Waals surface area contributed by atoms with Crippen molar-refractivity contribution in [2.45, 2.75) is 57.5 Å². The van der Waals surface area contributed by atoms with Gasteiger partial charge in [-0.05, 0) is 68.1 Å². The van der Waals surface area contributed by atoms with Crippen LogP contribution in [0.3, 0.4) is 0 Å². The van der Waals surface area contributed by atoms with Crippen molar-refractivity contribution in [2.75, 3.05) is 7.11 Å². The van der Waals surface area contributed by atoms with Crippen LogP contribution in [0.4, 0.5) is 0 Å². The maximum atomic E-state index is 13.2. The molecule has 2 N–H and O–H groups in total. The monoisotopic (exact) mass is 356 g/mol. The Morgan fingerprint density at radius 2 is 1.77 bits per heavy atom. The van der Waals surface area contributed by atoms with Crippen LogP contribution >= 0.6 is 0 Å². The van der Waals surface area contributed by atoms with Crippen molar-refractivity contribution < 1.29 is 14.3 Å². The van der Waals surface area contributed by atoms with Gasteiger partial charge in [-0.1, -0.05) is 12.1 Å². The summed E-state index contributed by atoms with van der Waals surface area (Å²) in [6.07, 6.45) is 6.03. The molecule has 5 rings (SSSR count). The molecule has 26 heavy (non-hydrogen) atoms. The third-order valence-electron chi connectivity index (χ3n) is 6.60. The van der Waals surface area contributed by atoms with Crippen molar-refractivity contribution in [3.8, 4) is 5.75 Å². The van der Waals surface area contributed by atoms with E-state index in [1.165, 1.54) is 6.42 Å². The van der Waals surface area contributed by atoms with Gasteiger partial charge in [-0.15, -0.1) is 0 Å². The number of nitrogens with one attached hydrogen (secondary N) is 2. The Balaban J connectivity index is 1.47. The molecule has 0 radical (unpaired) electrons. The molecule has 4 aliphatic carbocycles. The number of ether oxygens (including phenoxy) is 1. The number of methoxy groups -OCH3 is 1. The Morgan fingerprint density at radius 1 is 1.12 bits per heavy atom. The van der Waals surface area contributed by atoms with Crippen molar-refractivity contribution in [3.63, 3.8) is 0 Å². The minimum atomic E-state index is -0.307. The second-order valence-corrected chi connectivity index (χ2v) is 8.73. The van der Waals surface area contributed by atoms with Crippen LogP contribution in [0.1, 0.15) is 51.0 Å². The molecule has 0 heterocycles. The smallest absolute Gasteiger partial charge is 0.226 e. The van der Waals surface area contributed by atoms with Crippen LogP contribution in [-0.4, -0.2) is 24.5 Å². The molecule has 1 aromatic rings. The lowest BCUT2D eigenvalue weighted by molar-refractivity contribution is -0.153. The van der Waals surface area contributed by atoms with Crippen molar-refractivity contribution in [1.82, 2.24) is 10.6 Å². The summed E-state index contributed by atoms with van der Waals surface area (Å²) < 4.78 is 5.18. The maximum absolute atomic E-state index is 13.2. The number of hydrogen-bond donors (Lipinski definition) is 2. The molecular formula is C21H28N2O3. The molecule has 0 spiro atoms. The lowest BCUT2D eigenvalue weighted by Gasteiger charge is -2.61. The summed E-state index contributed by atoms with van der Waals surface area (Å²) in [5.41, 5.74) is 0.604. The largest absolute Gasteiger partial charge is 0.497 e. The number of hydrogen-bond acceptors (Lipinski definition) is 3. The van der Waals surface area contributed by atoms with Crippen molar-refractivity contribution in [2.24, 2.45) is 17.3 Å². The molecule has 4 bridgehead atoms. The third-order valence-corrected chi connectivity index (χ3v) is 6.60. The molecule has 4 aliphatic rings. The van der Waals surface area contributed by atoms with E-state index in [1.54, 1.807) is 14.0 Å². The number of rotatable bonds is 5. The summed E-state index contributed by atoms with van der Waals surface area (Å²) >= 11 is 0. The van der Waals surface area contributed by atoms with E-state index in [2.05, 4.69) is 10.6 Å². The number of benzene rings is 1. The maximum Gasteiger partial charge on any atom is 0.226 e. The van der Waals surface area contributed by atoms with Gasteiger partial charge >= 0.3 is 0 Å². The SMILES string of the molecule is COc1ccc(CNC(=O)C23C[C@@H]4C[C@H](CC(NC(C)=O)(C4)C2)C3)cc1. The highest BCUT2D eigenvalue weighted by molar-refractivity contribution is 5.84. The first kappa shape index (κ1) is 17.4. The molecule has 0 aliphatic heterocycles. The summed E-state index contributed by atoms with van der Waals surface area (Å²) in [5, 5.41) is 6.39. The lowest BCUT2D eigenvalue weighted by atomic mass is 9.46. The van der Waals surface area contributed by atoms with Crippen LogP contribution in [0.5, 0.6) is 5.75 Å². The van der Waals surface area contributed by atoms with Crippen LogP contribution in [-0.2, 0) is 16.1 Å². The van der Waals surface area contributed by atoms with E-state index in [0.717, 1.165) is 43.4 Å². The minimum Gasteiger partial charge on any atom is -0.497 e. The summed E-state index contributed by atoms with van der Waals surface area (Å²) in [4.78, 5) is 24.9. The first-order valence-electron chi connectivity index (χ1n) is 9.62. The molecule has 140 valence electrons. The molecule has 1 aromatic carbocycles. The highest BCUT2D eigenvalue weighted by atomic mass is 16.5. The normalized spacial score (nSPS) is 34.4. The van der Waals surface area contributed by atoms with E-state index in [-0.39, 0.29) is 22.8 Å². The predicted molar refractivity (Wildman–Crippen MR) is 98.5 cm³/mol. The summed E-state index contributed by atoms with van der Waals surface area (Å²) in [6.45, 7) is 2.13. The van der Waals surface area contributed by atoms with Crippen LogP contribution in [0.2, 0.25) is 0 Å². The van der Waals surface area contributed by atoms with Crippen LogP contribution in [0, 0.1) is 17.3 Å². The summed E-state index contributed by atoms with van der Waals surface area (Å²) in [5.74, 6) is 2.14. The van der Waals surface area contributed by atoms with Gasteiger partial charge in [0.1, 0.15) is 5.75 Å². The quantitative estimate of drug-likeness (QED) is 0.852. The highest BCUT2D eigenvalue weighted by Crippen LogP contribution is 2.61. The van der Waals surface area contributed by atoms with Gasteiger partial charge in [-0.25, -0.2) is 0 Å². The first-order valence-corrected chi connectivity index (χ1v) is 9.62. The fourth-order valence-electron chi connectivity index (χ4n) is 6.16. The summed E-state index contributed by atoms with van der Waals surface area (Å²) in [7, 11) is 1.65. The molecule has 0 aromatic heterocycles.